The maximum absolute atomic E-state index is 12.6. The first kappa shape index (κ1) is 19.4. The molecule has 2 rings (SSSR count). The van der Waals surface area contributed by atoms with Crippen molar-refractivity contribution in [2.75, 3.05) is 26.7 Å². The molecule has 140 valence electrons. The second-order valence-corrected chi connectivity index (χ2v) is 6.98. The Hall–Kier alpha value is -1.89. The lowest BCUT2D eigenvalue weighted by atomic mass is 10.0. The van der Waals surface area contributed by atoms with Crippen LogP contribution in [-0.2, 0) is 27.8 Å². The van der Waals surface area contributed by atoms with Crippen LogP contribution in [0.15, 0.2) is 12.5 Å². The first-order chi connectivity index (χ1) is 11.9. The predicted octanol–water partition coefficient (Wildman–Crippen LogP) is 1.23. The van der Waals surface area contributed by atoms with E-state index < -0.39 is 0 Å². The summed E-state index contributed by atoms with van der Waals surface area (Å²) in [5, 5.41) is 0. The van der Waals surface area contributed by atoms with E-state index in [2.05, 4.69) is 4.98 Å². The van der Waals surface area contributed by atoms with E-state index in [1.807, 2.05) is 37.4 Å². The average Bonchev–Trinajstić information content (AvgIpc) is 2.98. The number of aryl methyl sites for hydroxylation is 1. The zero-order valence-corrected chi connectivity index (χ0v) is 15.8. The van der Waals surface area contributed by atoms with E-state index in [-0.39, 0.29) is 24.0 Å². The van der Waals surface area contributed by atoms with Crippen LogP contribution in [0.3, 0.4) is 0 Å². The summed E-state index contributed by atoms with van der Waals surface area (Å²) in [4.78, 5) is 32.6. The molecule has 0 aliphatic carbocycles. The number of amides is 2. The van der Waals surface area contributed by atoms with Crippen molar-refractivity contribution < 1.29 is 14.3 Å². The largest absolute Gasteiger partial charge is 0.378 e. The molecule has 1 aromatic heterocycles. The van der Waals surface area contributed by atoms with Gasteiger partial charge in [0, 0.05) is 45.1 Å². The van der Waals surface area contributed by atoms with Gasteiger partial charge in [-0.3, -0.25) is 9.59 Å². The Morgan fingerprint density at radius 1 is 1.44 bits per heavy atom. The summed E-state index contributed by atoms with van der Waals surface area (Å²) in [6, 6.07) is 0.0794. The number of carbonyl (C=O) groups is 2. The van der Waals surface area contributed by atoms with Gasteiger partial charge >= 0.3 is 0 Å². The molecule has 0 saturated carbocycles. The Kier molecular flexibility index (Phi) is 6.99. The summed E-state index contributed by atoms with van der Waals surface area (Å²) < 4.78 is 7.32. The van der Waals surface area contributed by atoms with Gasteiger partial charge in [-0.15, -0.1) is 0 Å². The highest BCUT2D eigenvalue weighted by Crippen LogP contribution is 2.17. The third-order valence-electron chi connectivity index (χ3n) is 4.71. The number of aromatic nitrogens is 2. The predicted molar refractivity (Wildman–Crippen MR) is 95.0 cm³/mol. The number of imidazole rings is 1. The second kappa shape index (κ2) is 8.99. The fourth-order valence-electron chi connectivity index (χ4n) is 3.08. The van der Waals surface area contributed by atoms with Crippen molar-refractivity contribution in [1.29, 1.82) is 0 Å². The van der Waals surface area contributed by atoms with E-state index in [1.54, 1.807) is 17.4 Å². The minimum atomic E-state index is 0.0755. The number of rotatable bonds is 7. The maximum Gasteiger partial charge on any atom is 0.228 e. The topological polar surface area (TPSA) is 67.7 Å². The molecule has 25 heavy (non-hydrogen) atoms. The molecule has 0 radical (unpaired) electrons. The van der Waals surface area contributed by atoms with E-state index in [0.29, 0.717) is 26.0 Å². The number of hydrogen-bond acceptors (Lipinski definition) is 4. The van der Waals surface area contributed by atoms with Crippen LogP contribution in [0.25, 0.3) is 0 Å². The Morgan fingerprint density at radius 3 is 2.84 bits per heavy atom. The molecule has 1 fully saturated rings. The zero-order valence-electron chi connectivity index (χ0n) is 15.8. The highest BCUT2D eigenvalue weighted by molar-refractivity contribution is 5.79. The molecule has 0 bridgehead atoms. The Bertz CT molecular complexity index is 585. The van der Waals surface area contributed by atoms with Gasteiger partial charge < -0.3 is 19.1 Å². The van der Waals surface area contributed by atoms with Crippen LogP contribution in [0.1, 0.15) is 38.8 Å². The van der Waals surface area contributed by atoms with E-state index in [9.17, 15) is 9.59 Å². The highest BCUT2D eigenvalue weighted by atomic mass is 16.5. The molecule has 1 saturated heterocycles. The molecule has 1 aliphatic heterocycles. The molecule has 0 spiro atoms. The number of ether oxygens (including phenoxy) is 1. The van der Waals surface area contributed by atoms with Crippen molar-refractivity contribution in [3.63, 3.8) is 0 Å². The molecule has 7 nitrogen and oxygen atoms in total. The van der Waals surface area contributed by atoms with Crippen molar-refractivity contribution in [3.05, 3.63) is 18.2 Å². The van der Waals surface area contributed by atoms with Crippen molar-refractivity contribution >= 4 is 11.8 Å². The number of nitrogens with zero attached hydrogens (tertiary/aromatic N) is 4. The summed E-state index contributed by atoms with van der Waals surface area (Å²) in [5.41, 5.74) is 0.905. The van der Waals surface area contributed by atoms with E-state index >= 15 is 0 Å². The van der Waals surface area contributed by atoms with Crippen molar-refractivity contribution in [3.8, 4) is 0 Å². The standard InChI is InChI=1S/C18H30N4O3/c1-14(2)25-9-7-17(23)21(4)15-6-5-8-22(12-15)18(24)10-16-11-19-13-20(16)3/h11,13-15H,5-10,12H2,1-4H3. The molecule has 0 N–H and O–H groups in total. The lowest BCUT2D eigenvalue weighted by Crippen LogP contribution is -2.50. The van der Waals surface area contributed by atoms with Crippen LogP contribution in [0.5, 0.6) is 0 Å². The third kappa shape index (κ3) is 5.56. The molecule has 2 heterocycles. The van der Waals surface area contributed by atoms with Gasteiger partial charge in [0.1, 0.15) is 0 Å². The lowest BCUT2D eigenvalue weighted by Gasteiger charge is -2.37. The number of piperidine rings is 1. The van der Waals surface area contributed by atoms with Gasteiger partial charge in [0.05, 0.1) is 31.9 Å². The Balaban J connectivity index is 1.85. The van der Waals surface area contributed by atoms with Gasteiger partial charge in [-0.1, -0.05) is 0 Å². The summed E-state index contributed by atoms with van der Waals surface area (Å²) >= 11 is 0. The number of likely N-dealkylation sites (tertiary alicyclic amines) is 1. The molecular weight excluding hydrogens is 320 g/mol. The minimum absolute atomic E-state index is 0.0755. The van der Waals surface area contributed by atoms with Gasteiger partial charge in [-0.05, 0) is 26.7 Å². The van der Waals surface area contributed by atoms with Crippen LogP contribution < -0.4 is 0 Å². The van der Waals surface area contributed by atoms with Crippen molar-refractivity contribution in [2.24, 2.45) is 7.05 Å². The molecule has 2 amide bonds. The molecule has 1 unspecified atom stereocenters. The number of likely N-dealkylation sites (N-methyl/N-ethyl adjacent to an activating group) is 1. The highest BCUT2D eigenvalue weighted by Gasteiger charge is 2.28. The number of carbonyl (C=O) groups excluding carboxylic acids is 2. The summed E-state index contributed by atoms with van der Waals surface area (Å²) in [7, 11) is 3.72. The molecule has 1 aliphatic rings. The maximum atomic E-state index is 12.6. The molecule has 7 heteroatoms. The molecule has 1 aromatic rings. The van der Waals surface area contributed by atoms with Crippen molar-refractivity contribution in [1.82, 2.24) is 19.4 Å². The normalized spacial score (nSPS) is 17.8. The van der Waals surface area contributed by atoms with E-state index in [1.165, 1.54) is 0 Å². The van der Waals surface area contributed by atoms with E-state index in [0.717, 1.165) is 25.1 Å². The Morgan fingerprint density at radius 2 is 2.20 bits per heavy atom. The van der Waals surface area contributed by atoms with Crippen LogP contribution in [0.4, 0.5) is 0 Å². The van der Waals surface area contributed by atoms with E-state index in [4.69, 9.17) is 4.74 Å². The fourth-order valence-corrected chi connectivity index (χ4v) is 3.08. The first-order valence-corrected chi connectivity index (χ1v) is 8.98. The summed E-state index contributed by atoms with van der Waals surface area (Å²) in [6.45, 7) is 5.72. The molecule has 1 atom stereocenters. The van der Waals surface area contributed by atoms with Gasteiger partial charge in [0.25, 0.3) is 0 Å². The second-order valence-electron chi connectivity index (χ2n) is 6.98. The smallest absolute Gasteiger partial charge is 0.228 e. The number of hydrogen-bond donors (Lipinski definition) is 0. The van der Waals surface area contributed by atoms with Crippen LogP contribution in [-0.4, -0.2) is 70.1 Å². The fraction of sp³-hybridized carbons (Fsp3) is 0.722. The van der Waals surface area contributed by atoms with Gasteiger partial charge in [-0.2, -0.15) is 0 Å². The quantitative estimate of drug-likeness (QED) is 0.742. The summed E-state index contributed by atoms with van der Waals surface area (Å²) in [6.07, 6.45) is 6.15. The lowest BCUT2D eigenvalue weighted by molar-refractivity contribution is -0.139. The SMILES string of the molecule is CC(C)OCCC(=O)N(C)C1CCCN(C(=O)Cc2cncn2C)C1. The van der Waals surface area contributed by atoms with Crippen molar-refractivity contribution in [2.45, 2.75) is 51.7 Å². The van der Waals surface area contributed by atoms with Crippen LogP contribution >= 0.6 is 0 Å². The third-order valence-corrected chi connectivity index (χ3v) is 4.71. The van der Waals surface area contributed by atoms with Gasteiger partial charge in [-0.25, -0.2) is 4.98 Å². The van der Waals surface area contributed by atoms with Gasteiger partial charge in [0.2, 0.25) is 11.8 Å². The van der Waals surface area contributed by atoms with Gasteiger partial charge in [0.15, 0.2) is 0 Å². The molecule has 0 aromatic carbocycles. The monoisotopic (exact) mass is 350 g/mol. The first-order valence-electron chi connectivity index (χ1n) is 8.98. The minimum Gasteiger partial charge on any atom is -0.378 e. The zero-order chi connectivity index (χ0) is 18.4. The summed E-state index contributed by atoms with van der Waals surface area (Å²) in [5.74, 6) is 0.170. The average molecular weight is 350 g/mol. The Labute approximate surface area is 149 Å². The molecular formula is C18H30N4O3. The van der Waals surface area contributed by atoms with Crippen LogP contribution in [0.2, 0.25) is 0 Å². The van der Waals surface area contributed by atoms with Crippen LogP contribution in [0, 0.1) is 0 Å².